The average Bonchev–Trinajstić information content (AvgIpc) is 2.77. The van der Waals surface area contributed by atoms with Crippen LogP contribution in [0.2, 0.25) is 0 Å². The molecule has 1 atom stereocenters. The van der Waals surface area contributed by atoms with Crippen molar-refractivity contribution in [2.45, 2.75) is 19.8 Å². The van der Waals surface area contributed by atoms with Gasteiger partial charge in [-0.15, -0.1) is 0 Å². The Hall–Kier alpha value is -1.22. The summed E-state index contributed by atoms with van der Waals surface area (Å²) >= 11 is 0. The largest absolute Gasteiger partial charge is 0.507 e. The molecule has 1 fully saturated rings. The Morgan fingerprint density at radius 2 is 2.31 bits per heavy atom. The Bertz CT molecular complexity index is 370. The molecular weight excluding hydrogens is 202 g/mol. The summed E-state index contributed by atoms with van der Waals surface area (Å²) in [5.74, 6) is 1.89. The number of hydrogen-bond donors (Lipinski definition) is 2. The number of benzene rings is 1. The van der Waals surface area contributed by atoms with E-state index in [0.717, 1.165) is 36.4 Å². The SMILES string of the molecule is COc1cc(C)c(O)c(CC2CCNC2)c1. The van der Waals surface area contributed by atoms with Crippen molar-refractivity contribution >= 4 is 0 Å². The number of aryl methyl sites for hydroxylation is 1. The summed E-state index contributed by atoms with van der Waals surface area (Å²) in [6, 6.07) is 3.81. The van der Waals surface area contributed by atoms with Gasteiger partial charge in [-0.3, -0.25) is 0 Å². The van der Waals surface area contributed by atoms with Gasteiger partial charge in [0.1, 0.15) is 11.5 Å². The Kier molecular flexibility index (Phi) is 3.34. The number of phenols is 1. The number of aromatic hydroxyl groups is 1. The van der Waals surface area contributed by atoms with Crippen LogP contribution >= 0.6 is 0 Å². The lowest BCUT2D eigenvalue weighted by Crippen LogP contribution is -2.11. The van der Waals surface area contributed by atoms with Gasteiger partial charge in [-0.1, -0.05) is 0 Å². The van der Waals surface area contributed by atoms with Crippen LogP contribution in [0.5, 0.6) is 11.5 Å². The van der Waals surface area contributed by atoms with Crippen LogP contribution in [-0.2, 0) is 6.42 Å². The first-order valence-electron chi connectivity index (χ1n) is 5.78. The normalized spacial score (nSPS) is 20.0. The highest BCUT2D eigenvalue weighted by Gasteiger charge is 2.17. The van der Waals surface area contributed by atoms with Crippen molar-refractivity contribution < 1.29 is 9.84 Å². The Balaban J connectivity index is 2.20. The molecule has 2 N–H and O–H groups in total. The second-order valence-corrected chi connectivity index (χ2v) is 4.51. The molecule has 1 aromatic rings. The minimum Gasteiger partial charge on any atom is -0.507 e. The van der Waals surface area contributed by atoms with Crippen molar-refractivity contribution in [3.63, 3.8) is 0 Å². The molecule has 3 heteroatoms. The summed E-state index contributed by atoms with van der Waals surface area (Å²) in [5.41, 5.74) is 1.89. The molecule has 1 saturated heterocycles. The van der Waals surface area contributed by atoms with Crippen LogP contribution in [0.1, 0.15) is 17.5 Å². The molecule has 0 amide bonds. The highest BCUT2D eigenvalue weighted by molar-refractivity contribution is 5.45. The van der Waals surface area contributed by atoms with Crippen LogP contribution < -0.4 is 10.1 Å². The molecule has 88 valence electrons. The van der Waals surface area contributed by atoms with Gasteiger partial charge in [0, 0.05) is 0 Å². The summed E-state index contributed by atoms with van der Waals surface area (Å²) in [7, 11) is 1.66. The number of nitrogens with one attached hydrogen (secondary N) is 1. The monoisotopic (exact) mass is 221 g/mol. The van der Waals surface area contributed by atoms with E-state index in [2.05, 4.69) is 5.32 Å². The third kappa shape index (κ3) is 2.30. The first-order valence-corrected chi connectivity index (χ1v) is 5.78. The first kappa shape index (κ1) is 11.3. The maximum Gasteiger partial charge on any atom is 0.121 e. The van der Waals surface area contributed by atoms with Crippen LogP contribution in [0.3, 0.4) is 0 Å². The van der Waals surface area contributed by atoms with E-state index in [-0.39, 0.29) is 0 Å². The van der Waals surface area contributed by atoms with Gasteiger partial charge in [-0.2, -0.15) is 0 Å². The molecule has 0 aromatic heterocycles. The van der Waals surface area contributed by atoms with E-state index in [4.69, 9.17) is 4.74 Å². The highest BCUT2D eigenvalue weighted by Crippen LogP contribution is 2.30. The minimum absolute atomic E-state index is 0.424. The van der Waals surface area contributed by atoms with Crippen LogP contribution in [0.25, 0.3) is 0 Å². The Labute approximate surface area is 96.4 Å². The molecule has 0 spiro atoms. The maximum absolute atomic E-state index is 10.0. The topological polar surface area (TPSA) is 41.5 Å². The van der Waals surface area contributed by atoms with E-state index in [9.17, 15) is 5.11 Å². The summed E-state index contributed by atoms with van der Waals surface area (Å²) in [5, 5.41) is 13.3. The lowest BCUT2D eigenvalue weighted by molar-refractivity contribution is 0.408. The summed E-state index contributed by atoms with van der Waals surface area (Å²) < 4.78 is 5.23. The highest BCUT2D eigenvalue weighted by atomic mass is 16.5. The third-order valence-corrected chi connectivity index (χ3v) is 3.26. The molecule has 1 aliphatic rings. The zero-order valence-electron chi connectivity index (χ0n) is 9.92. The van der Waals surface area contributed by atoms with Gasteiger partial charge < -0.3 is 15.2 Å². The molecule has 0 aliphatic carbocycles. The quantitative estimate of drug-likeness (QED) is 0.818. The van der Waals surface area contributed by atoms with Gasteiger partial charge in [-0.05, 0) is 62.0 Å². The molecule has 1 aromatic carbocycles. The molecule has 3 nitrogen and oxygen atoms in total. The Morgan fingerprint density at radius 1 is 1.50 bits per heavy atom. The lowest BCUT2D eigenvalue weighted by Gasteiger charge is -2.13. The van der Waals surface area contributed by atoms with Crippen LogP contribution in [0.15, 0.2) is 12.1 Å². The van der Waals surface area contributed by atoms with Gasteiger partial charge >= 0.3 is 0 Å². The van der Waals surface area contributed by atoms with E-state index in [1.54, 1.807) is 7.11 Å². The van der Waals surface area contributed by atoms with Gasteiger partial charge in [0.05, 0.1) is 7.11 Å². The number of rotatable bonds is 3. The molecular formula is C13H19NO2. The second-order valence-electron chi connectivity index (χ2n) is 4.51. The van der Waals surface area contributed by atoms with Crippen molar-refractivity contribution in [1.29, 1.82) is 0 Å². The fourth-order valence-electron chi connectivity index (χ4n) is 2.29. The van der Waals surface area contributed by atoms with E-state index >= 15 is 0 Å². The van der Waals surface area contributed by atoms with Gasteiger partial charge in [0.2, 0.25) is 0 Å². The summed E-state index contributed by atoms with van der Waals surface area (Å²) in [4.78, 5) is 0. The first-order chi connectivity index (χ1) is 7.70. The van der Waals surface area contributed by atoms with Gasteiger partial charge in [-0.25, -0.2) is 0 Å². The van der Waals surface area contributed by atoms with Gasteiger partial charge in [0.25, 0.3) is 0 Å². The predicted molar refractivity (Wildman–Crippen MR) is 64.1 cm³/mol. The fraction of sp³-hybridized carbons (Fsp3) is 0.538. The summed E-state index contributed by atoms with van der Waals surface area (Å²) in [6.45, 7) is 4.05. The number of methoxy groups -OCH3 is 1. The van der Waals surface area contributed by atoms with Crippen LogP contribution in [0, 0.1) is 12.8 Å². The lowest BCUT2D eigenvalue weighted by atomic mass is 9.96. The Morgan fingerprint density at radius 3 is 2.94 bits per heavy atom. The number of hydrogen-bond acceptors (Lipinski definition) is 3. The number of phenolic OH excluding ortho intramolecular Hbond substituents is 1. The molecule has 1 unspecified atom stereocenters. The molecule has 0 radical (unpaired) electrons. The zero-order valence-corrected chi connectivity index (χ0v) is 9.92. The molecule has 1 aliphatic heterocycles. The second kappa shape index (κ2) is 4.74. The minimum atomic E-state index is 0.424. The van der Waals surface area contributed by atoms with Crippen molar-refractivity contribution in [2.24, 2.45) is 5.92 Å². The van der Waals surface area contributed by atoms with Crippen LogP contribution in [-0.4, -0.2) is 25.3 Å². The standard InChI is InChI=1S/C13H19NO2/c1-9-5-12(16-2)7-11(13(9)15)6-10-3-4-14-8-10/h5,7,10,14-15H,3-4,6,8H2,1-2H3. The van der Waals surface area contributed by atoms with Crippen molar-refractivity contribution in [2.75, 3.05) is 20.2 Å². The van der Waals surface area contributed by atoms with Crippen molar-refractivity contribution in [3.05, 3.63) is 23.3 Å². The maximum atomic E-state index is 10.0. The molecule has 2 rings (SSSR count). The molecule has 1 heterocycles. The van der Waals surface area contributed by atoms with Crippen LogP contribution in [0.4, 0.5) is 0 Å². The summed E-state index contributed by atoms with van der Waals surface area (Å²) in [6.07, 6.45) is 2.12. The van der Waals surface area contributed by atoms with Gasteiger partial charge in [0.15, 0.2) is 0 Å². The number of ether oxygens (including phenoxy) is 1. The fourth-order valence-corrected chi connectivity index (χ4v) is 2.29. The van der Waals surface area contributed by atoms with Crippen molar-refractivity contribution in [1.82, 2.24) is 5.32 Å². The molecule has 0 saturated carbocycles. The predicted octanol–water partition coefficient (Wildman–Crippen LogP) is 1.86. The van der Waals surface area contributed by atoms with E-state index in [1.165, 1.54) is 6.42 Å². The molecule has 0 bridgehead atoms. The zero-order chi connectivity index (χ0) is 11.5. The smallest absolute Gasteiger partial charge is 0.121 e. The third-order valence-electron chi connectivity index (χ3n) is 3.26. The molecule has 16 heavy (non-hydrogen) atoms. The van der Waals surface area contributed by atoms with E-state index < -0.39 is 0 Å². The van der Waals surface area contributed by atoms with Crippen molar-refractivity contribution in [3.8, 4) is 11.5 Å². The average molecular weight is 221 g/mol. The van der Waals surface area contributed by atoms with E-state index in [1.807, 2.05) is 19.1 Å². The van der Waals surface area contributed by atoms with E-state index in [0.29, 0.717) is 11.7 Å².